The van der Waals surface area contributed by atoms with E-state index >= 15 is 0 Å². The van der Waals surface area contributed by atoms with Crippen LogP contribution in [0.1, 0.15) is 10.4 Å². The molecule has 0 aliphatic carbocycles. The lowest BCUT2D eigenvalue weighted by atomic mass is 10.2. The van der Waals surface area contributed by atoms with Gasteiger partial charge in [0.2, 0.25) is 0 Å². The van der Waals surface area contributed by atoms with Gasteiger partial charge in [-0.2, -0.15) is 0 Å². The fraction of sp³-hybridized carbons (Fsp3) is 0.316. The third kappa shape index (κ3) is 5.26. The Morgan fingerprint density at radius 3 is 2.21 bits per heavy atom. The van der Waals surface area contributed by atoms with Crippen molar-refractivity contribution >= 4 is 23.0 Å². The largest absolute Gasteiger partial charge is 0.461 e. The second kappa shape index (κ2) is 9.11. The standard InChI is InChI=1S/C19H20N4O6/c24-19(15-2-1-3-18(14-15)23(27)28)29-13-12-20-8-10-21(11-9-20)16-4-6-17(7-5-16)22(25)26/h1-7,14H,8-13H2. The normalized spacial score (nSPS) is 14.4. The maximum atomic E-state index is 12.1. The molecule has 0 unspecified atom stereocenters. The van der Waals surface area contributed by atoms with Gasteiger partial charge in [0.05, 0.1) is 15.4 Å². The van der Waals surface area contributed by atoms with Gasteiger partial charge in [0, 0.05) is 62.7 Å². The molecule has 1 saturated heterocycles. The minimum Gasteiger partial charge on any atom is -0.461 e. The summed E-state index contributed by atoms with van der Waals surface area (Å²) in [6.45, 7) is 3.82. The molecule has 10 nitrogen and oxygen atoms in total. The van der Waals surface area contributed by atoms with Crippen LogP contribution in [0.2, 0.25) is 0 Å². The van der Waals surface area contributed by atoms with Crippen molar-refractivity contribution in [3.8, 4) is 0 Å². The zero-order valence-corrected chi connectivity index (χ0v) is 15.6. The second-order valence-electron chi connectivity index (χ2n) is 6.55. The Bertz CT molecular complexity index is 894. The van der Waals surface area contributed by atoms with Crippen LogP contribution in [0.5, 0.6) is 0 Å². The van der Waals surface area contributed by atoms with Crippen molar-refractivity contribution in [2.75, 3.05) is 44.2 Å². The number of hydrogen-bond acceptors (Lipinski definition) is 8. The van der Waals surface area contributed by atoms with Crippen molar-refractivity contribution in [2.45, 2.75) is 0 Å². The Hall–Kier alpha value is -3.53. The number of hydrogen-bond donors (Lipinski definition) is 0. The summed E-state index contributed by atoms with van der Waals surface area (Å²) >= 11 is 0. The lowest BCUT2D eigenvalue weighted by Gasteiger charge is -2.35. The van der Waals surface area contributed by atoms with Gasteiger partial charge in [0.15, 0.2) is 0 Å². The van der Waals surface area contributed by atoms with Crippen LogP contribution in [0.25, 0.3) is 0 Å². The molecule has 0 atom stereocenters. The van der Waals surface area contributed by atoms with Gasteiger partial charge < -0.3 is 9.64 Å². The number of nitro groups is 2. The average Bonchev–Trinajstić information content (AvgIpc) is 2.74. The molecule has 29 heavy (non-hydrogen) atoms. The molecule has 0 saturated carbocycles. The van der Waals surface area contributed by atoms with Crippen molar-refractivity contribution in [3.63, 3.8) is 0 Å². The Morgan fingerprint density at radius 2 is 1.59 bits per heavy atom. The predicted molar refractivity (Wildman–Crippen MR) is 105 cm³/mol. The molecule has 2 aromatic carbocycles. The summed E-state index contributed by atoms with van der Waals surface area (Å²) < 4.78 is 5.23. The molecule has 0 amide bonds. The zero-order chi connectivity index (χ0) is 20.8. The molecule has 152 valence electrons. The number of carbonyl (C=O) groups is 1. The van der Waals surface area contributed by atoms with Crippen LogP contribution in [0, 0.1) is 20.2 Å². The van der Waals surface area contributed by atoms with Crippen LogP contribution in [0.15, 0.2) is 48.5 Å². The number of non-ortho nitro benzene ring substituents is 2. The molecule has 1 aliphatic rings. The number of esters is 1. The SMILES string of the molecule is O=C(OCCN1CCN(c2ccc([N+](=O)[O-])cc2)CC1)c1cccc([N+](=O)[O-])c1. The molecule has 1 heterocycles. The summed E-state index contributed by atoms with van der Waals surface area (Å²) in [4.78, 5) is 36.9. The third-order valence-corrected chi connectivity index (χ3v) is 4.73. The fourth-order valence-electron chi connectivity index (χ4n) is 3.11. The molecule has 0 bridgehead atoms. The summed E-state index contributed by atoms with van der Waals surface area (Å²) in [7, 11) is 0. The molecule has 0 spiro atoms. The van der Waals surface area contributed by atoms with Gasteiger partial charge in [0.1, 0.15) is 6.61 Å². The lowest BCUT2D eigenvalue weighted by molar-refractivity contribution is -0.385. The minimum absolute atomic E-state index is 0.0675. The van der Waals surface area contributed by atoms with Gasteiger partial charge >= 0.3 is 5.97 Å². The molecule has 0 aromatic heterocycles. The Labute approximate surface area is 166 Å². The molecule has 3 rings (SSSR count). The van der Waals surface area contributed by atoms with Crippen LogP contribution in [-0.4, -0.2) is 60.0 Å². The van der Waals surface area contributed by atoms with E-state index in [1.54, 1.807) is 12.1 Å². The van der Waals surface area contributed by atoms with Crippen LogP contribution >= 0.6 is 0 Å². The zero-order valence-electron chi connectivity index (χ0n) is 15.6. The van der Waals surface area contributed by atoms with Crippen molar-refractivity contribution in [3.05, 3.63) is 74.3 Å². The molecule has 1 aliphatic heterocycles. The molecular formula is C19H20N4O6. The number of nitrogens with zero attached hydrogens (tertiary/aromatic N) is 4. The Balaban J connectivity index is 1.43. The lowest BCUT2D eigenvalue weighted by Crippen LogP contribution is -2.47. The van der Waals surface area contributed by atoms with E-state index in [1.807, 2.05) is 0 Å². The molecular weight excluding hydrogens is 380 g/mol. The number of rotatable bonds is 7. The van der Waals surface area contributed by atoms with E-state index in [9.17, 15) is 25.0 Å². The van der Waals surface area contributed by atoms with E-state index in [0.29, 0.717) is 6.54 Å². The van der Waals surface area contributed by atoms with Crippen LogP contribution < -0.4 is 4.90 Å². The highest BCUT2D eigenvalue weighted by atomic mass is 16.6. The second-order valence-corrected chi connectivity index (χ2v) is 6.55. The monoisotopic (exact) mass is 400 g/mol. The van der Waals surface area contributed by atoms with Crippen molar-refractivity contribution in [1.29, 1.82) is 0 Å². The van der Waals surface area contributed by atoms with Gasteiger partial charge in [-0.1, -0.05) is 6.07 Å². The smallest absolute Gasteiger partial charge is 0.338 e. The average molecular weight is 400 g/mol. The van der Waals surface area contributed by atoms with Gasteiger partial charge in [-0.3, -0.25) is 25.1 Å². The minimum atomic E-state index is -0.585. The van der Waals surface area contributed by atoms with E-state index in [4.69, 9.17) is 4.74 Å². The fourth-order valence-corrected chi connectivity index (χ4v) is 3.11. The van der Waals surface area contributed by atoms with Crippen molar-refractivity contribution in [2.24, 2.45) is 0 Å². The highest BCUT2D eigenvalue weighted by Gasteiger charge is 2.19. The van der Waals surface area contributed by atoms with Crippen LogP contribution in [0.3, 0.4) is 0 Å². The van der Waals surface area contributed by atoms with E-state index < -0.39 is 15.8 Å². The molecule has 10 heteroatoms. The van der Waals surface area contributed by atoms with E-state index in [2.05, 4.69) is 9.80 Å². The number of anilines is 1. The Kier molecular flexibility index (Phi) is 6.35. The van der Waals surface area contributed by atoms with Crippen LogP contribution in [0.4, 0.5) is 17.1 Å². The van der Waals surface area contributed by atoms with Gasteiger partial charge in [-0.05, 0) is 18.2 Å². The first kappa shape index (κ1) is 20.2. The number of nitro benzene ring substituents is 2. The van der Waals surface area contributed by atoms with Gasteiger partial charge in [-0.25, -0.2) is 4.79 Å². The van der Waals surface area contributed by atoms with E-state index in [0.717, 1.165) is 31.9 Å². The van der Waals surface area contributed by atoms with Crippen LogP contribution in [-0.2, 0) is 4.74 Å². The highest BCUT2D eigenvalue weighted by Crippen LogP contribution is 2.20. The molecule has 0 radical (unpaired) electrons. The topological polar surface area (TPSA) is 119 Å². The summed E-state index contributed by atoms with van der Waals surface area (Å²) in [5.41, 5.74) is 1.01. The summed E-state index contributed by atoms with van der Waals surface area (Å²) in [5.74, 6) is -0.585. The first-order valence-electron chi connectivity index (χ1n) is 9.07. The summed E-state index contributed by atoms with van der Waals surface area (Å²) in [6, 6.07) is 11.9. The van der Waals surface area contributed by atoms with Crippen molar-refractivity contribution < 1.29 is 19.4 Å². The number of ether oxygens (including phenoxy) is 1. The number of benzene rings is 2. The number of carbonyl (C=O) groups excluding carboxylic acids is 1. The van der Waals surface area contributed by atoms with E-state index in [1.165, 1.54) is 36.4 Å². The molecule has 1 fully saturated rings. The maximum Gasteiger partial charge on any atom is 0.338 e. The van der Waals surface area contributed by atoms with Gasteiger partial charge in [0.25, 0.3) is 11.4 Å². The number of piperazine rings is 1. The quantitative estimate of drug-likeness (QED) is 0.395. The van der Waals surface area contributed by atoms with Gasteiger partial charge in [-0.15, -0.1) is 0 Å². The first-order valence-corrected chi connectivity index (χ1v) is 9.07. The molecule has 2 aromatic rings. The van der Waals surface area contributed by atoms with Crippen molar-refractivity contribution in [1.82, 2.24) is 4.90 Å². The maximum absolute atomic E-state index is 12.1. The summed E-state index contributed by atoms with van der Waals surface area (Å²) in [6.07, 6.45) is 0. The Morgan fingerprint density at radius 1 is 0.931 bits per heavy atom. The summed E-state index contributed by atoms with van der Waals surface area (Å²) in [5, 5.41) is 21.5. The predicted octanol–water partition coefficient (Wildman–Crippen LogP) is 2.48. The first-order chi connectivity index (χ1) is 13.9. The van der Waals surface area contributed by atoms with E-state index in [-0.39, 0.29) is 23.5 Å². The molecule has 0 N–H and O–H groups in total. The third-order valence-electron chi connectivity index (χ3n) is 4.73. The highest BCUT2D eigenvalue weighted by molar-refractivity contribution is 5.90.